The number of rotatable bonds is 6. The van der Waals surface area contributed by atoms with Gasteiger partial charge in [0.2, 0.25) is 0 Å². The summed E-state index contributed by atoms with van der Waals surface area (Å²) in [7, 11) is 0. The average Bonchev–Trinajstić information content (AvgIpc) is 2.58. The third kappa shape index (κ3) is 3.82. The molecule has 0 atom stereocenters. The van der Waals surface area contributed by atoms with Crippen molar-refractivity contribution in [1.82, 2.24) is 20.8 Å². The quantitative estimate of drug-likeness (QED) is 0.533. The molecule has 1 aliphatic carbocycles. The number of H-pyrrole nitrogens is 1. The summed E-state index contributed by atoms with van der Waals surface area (Å²) in [5, 5.41) is 14.6. The number of aryl methyl sites for hydroxylation is 1. The molecular formula is C14H26N4. The second-order valence-corrected chi connectivity index (χ2v) is 5.47. The number of hydrogen-bond acceptors (Lipinski definition) is 3. The van der Waals surface area contributed by atoms with Gasteiger partial charge in [-0.1, -0.05) is 20.3 Å². The maximum Gasteiger partial charge on any atom is 0.0794 e. The van der Waals surface area contributed by atoms with Crippen molar-refractivity contribution in [2.45, 2.75) is 58.5 Å². The number of fused-ring (bicyclic) bond motifs is 1. The molecule has 0 bridgehead atoms. The van der Waals surface area contributed by atoms with Crippen molar-refractivity contribution in [3.63, 3.8) is 0 Å². The molecule has 0 fully saturated rings. The summed E-state index contributed by atoms with van der Waals surface area (Å²) in [6.07, 6.45) is 6.35. The van der Waals surface area contributed by atoms with E-state index in [-0.39, 0.29) is 0 Å². The van der Waals surface area contributed by atoms with E-state index in [0.29, 0.717) is 6.04 Å². The monoisotopic (exact) mass is 250 g/mol. The highest BCUT2D eigenvalue weighted by Crippen LogP contribution is 2.21. The Morgan fingerprint density at radius 3 is 2.83 bits per heavy atom. The zero-order valence-electron chi connectivity index (χ0n) is 11.7. The maximum absolute atomic E-state index is 4.46. The van der Waals surface area contributed by atoms with Gasteiger partial charge in [0.25, 0.3) is 0 Å². The number of aromatic nitrogens is 2. The van der Waals surface area contributed by atoms with Crippen LogP contribution < -0.4 is 10.6 Å². The molecule has 2 rings (SSSR count). The Kier molecular flexibility index (Phi) is 5.20. The van der Waals surface area contributed by atoms with Gasteiger partial charge < -0.3 is 10.6 Å². The molecule has 1 heterocycles. The van der Waals surface area contributed by atoms with Crippen LogP contribution in [0.4, 0.5) is 0 Å². The van der Waals surface area contributed by atoms with Crippen LogP contribution in [0.1, 0.15) is 50.1 Å². The van der Waals surface area contributed by atoms with Crippen LogP contribution in [-0.2, 0) is 19.4 Å². The Hall–Kier alpha value is -0.870. The fourth-order valence-corrected chi connectivity index (χ4v) is 2.53. The fraction of sp³-hybridized carbons (Fsp3) is 0.786. The van der Waals surface area contributed by atoms with Crippen LogP contribution in [0.15, 0.2) is 0 Å². The number of hydrogen-bond donors (Lipinski definition) is 3. The van der Waals surface area contributed by atoms with Gasteiger partial charge in [-0.05, 0) is 31.2 Å². The zero-order valence-corrected chi connectivity index (χ0v) is 11.7. The lowest BCUT2D eigenvalue weighted by atomic mass is 10.1. The molecule has 18 heavy (non-hydrogen) atoms. The summed E-state index contributed by atoms with van der Waals surface area (Å²) in [6.45, 7) is 7.26. The predicted molar refractivity (Wildman–Crippen MR) is 74.7 cm³/mol. The largest absolute Gasteiger partial charge is 0.313 e. The number of aromatic amines is 1. The molecule has 0 saturated carbocycles. The highest BCUT2D eigenvalue weighted by atomic mass is 15.1. The van der Waals surface area contributed by atoms with E-state index < -0.39 is 0 Å². The Balaban J connectivity index is 1.77. The molecule has 0 amide bonds. The summed E-state index contributed by atoms with van der Waals surface area (Å²) in [6, 6.07) is 0.563. The summed E-state index contributed by atoms with van der Waals surface area (Å²) in [4.78, 5) is 0. The maximum atomic E-state index is 4.46. The van der Waals surface area contributed by atoms with Gasteiger partial charge in [0.15, 0.2) is 0 Å². The first-order valence-electron chi connectivity index (χ1n) is 7.26. The van der Waals surface area contributed by atoms with Crippen molar-refractivity contribution in [2.75, 3.05) is 13.1 Å². The van der Waals surface area contributed by atoms with Gasteiger partial charge in [-0.2, -0.15) is 5.10 Å². The Bertz CT molecular complexity index is 357. The first-order valence-corrected chi connectivity index (χ1v) is 7.26. The second-order valence-electron chi connectivity index (χ2n) is 5.47. The average molecular weight is 250 g/mol. The molecule has 102 valence electrons. The Morgan fingerprint density at radius 1 is 1.17 bits per heavy atom. The van der Waals surface area contributed by atoms with E-state index in [1.165, 1.54) is 49.1 Å². The minimum absolute atomic E-state index is 0.563. The molecular weight excluding hydrogens is 224 g/mol. The van der Waals surface area contributed by atoms with E-state index in [4.69, 9.17) is 0 Å². The SMILES string of the molecule is CC(C)NCCNCc1n[nH]c2c1CCCCC2. The molecule has 0 unspecified atom stereocenters. The molecule has 1 aromatic heterocycles. The lowest BCUT2D eigenvalue weighted by Gasteiger charge is -2.08. The van der Waals surface area contributed by atoms with Crippen molar-refractivity contribution in [2.24, 2.45) is 0 Å². The van der Waals surface area contributed by atoms with Crippen molar-refractivity contribution >= 4 is 0 Å². The van der Waals surface area contributed by atoms with Crippen molar-refractivity contribution in [1.29, 1.82) is 0 Å². The van der Waals surface area contributed by atoms with Gasteiger partial charge >= 0.3 is 0 Å². The lowest BCUT2D eigenvalue weighted by molar-refractivity contribution is 0.552. The summed E-state index contributed by atoms with van der Waals surface area (Å²) >= 11 is 0. The van der Waals surface area contributed by atoms with E-state index in [2.05, 4.69) is 34.7 Å². The van der Waals surface area contributed by atoms with E-state index in [1.54, 1.807) is 0 Å². The molecule has 4 heteroatoms. The van der Waals surface area contributed by atoms with Crippen LogP contribution >= 0.6 is 0 Å². The molecule has 0 spiro atoms. The van der Waals surface area contributed by atoms with Gasteiger partial charge in [0, 0.05) is 31.4 Å². The first kappa shape index (κ1) is 13.6. The Morgan fingerprint density at radius 2 is 2.00 bits per heavy atom. The molecule has 1 aliphatic rings. The Labute approximate surface area is 110 Å². The minimum Gasteiger partial charge on any atom is -0.313 e. The van der Waals surface area contributed by atoms with Crippen LogP contribution in [0.5, 0.6) is 0 Å². The van der Waals surface area contributed by atoms with E-state index in [0.717, 1.165) is 19.6 Å². The molecule has 0 aliphatic heterocycles. The van der Waals surface area contributed by atoms with Crippen LogP contribution in [0.3, 0.4) is 0 Å². The molecule has 0 saturated heterocycles. The van der Waals surface area contributed by atoms with Gasteiger partial charge in [0.1, 0.15) is 0 Å². The molecule has 1 aromatic rings. The van der Waals surface area contributed by atoms with E-state index in [9.17, 15) is 0 Å². The highest BCUT2D eigenvalue weighted by Gasteiger charge is 2.14. The predicted octanol–water partition coefficient (Wildman–Crippen LogP) is 1.77. The van der Waals surface area contributed by atoms with Crippen molar-refractivity contribution in [3.8, 4) is 0 Å². The standard InChI is InChI=1S/C14H26N4/c1-11(2)16-9-8-15-10-14-12-6-4-3-5-7-13(12)17-18-14/h11,15-16H,3-10H2,1-2H3,(H,17,18). The summed E-state index contributed by atoms with van der Waals surface area (Å²) in [5.41, 5.74) is 4.10. The van der Waals surface area contributed by atoms with Crippen molar-refractivity contribution < 1.29 is 0 Å². The topological polar surface area (TPSA) is 52.7 Å². The fourth-order valence-electron chi connectivity index (χ4n) is 2.53. The summed E-state index contributed by atoms with van der Waals surface area (Å²) in [5.74, 6) is 0. The minimum atomic E-state index is 0.563. The third-order valence-corrected chi connectivity index (χ3v) is 3.54. The van der Waals surface area contributed by atoms with Crippen LogP contribution in [0.25, 0.3) is 0 Å². The number of nitrogens with zero attached hydrogens (tertiary/aromatic N) is 1. The van der Waals surface area contributed by atoms with Crippen LogP contribution in [0, 0.1) is 0 Å². The molecule has 0 radical (unpaired) electrons. The molecule has 4 nitrogen and oxygen atoms in total. The van der Waals surface area contributed by atoms with Crippen molar-refractivity contribution in [3.05, 3.63) is 17.0 Å². The van der Waals surface area contributed by atoms with E-state index >= 15 is 0 Å². The van der Waals surface area contributed by atoms with Gasteiger partial charge in [0.05, 0.1) is 5.69 Å². The highest BCUT2D eigenvalue weighted by molar-refractivity contribution is 5.26. The van der Waals surface area contributed by atoms with Crippen LogP contribution in [0.2, 0.25) is 0 Å². The molecule has 0 aromatic carbocycles. The van der Waals surface area contributed by atoms with Gasteiger partial charge in [-0.15, -0.1) is 0 Å². The van der Waals surface area contributed by atoms with Gasteiger partial charge in [-0.3, -0.25) is 5.10 Å². The lowest BCUT2D eigenvalue weighted by Crippen LogP contribution is -2.31. The third-order valence-electron chi connectivity index (χ3n) is 3.54. The normalized spacial score (nSPS) is 15.7. The van der Waals surface area contributed by atoms with Crippen LogP contribution in [-0.4, -0.2) is 29.3 Å². The smallest absolute Gasteiger partial charge is 0.0794 e. The van der Waals surface area contributed by atoms with Gasteiger partial charge in [-0.25, -0.2) is 0 Å². The first-order chi connectivity index (χ1) is 8.77. The summed E-state index contributed by atoms with van der Waals surface area (Å²) < 4.78 is 0. The second kappa shape index (κ2) is 6.90. The van der Waals surface area contributed by atoms with E-state index in [1.807, 2.05) is 0 Å². The zero-order chi connectivity index (χ0) is 12.8. The number of nitrogens with one attached hydrogen (secondary N) is 3. The molecule has 3 N–H and O–H groups in total.